The average molecular weight is 411 g/mol. The summed E-state index contributed by atoms with van der Waals surface area (Å²) in [7, 11) is 0. The lowest BCUT2D eigenvalue weighted by Gasteiger charge is -2.01. The Morgan fingerprint density at radius 1 is 1.04 bits per heavy atom. The highest BCUT2D eigenvalue weighted by Gasteiger charge is 2.05. The number of thioether (sulfide) groups is 1. The quantitative estimate of drug-likeness (QED) is 0.296. The van der Waals surface area contributed by atoms with Crippen LogP contribution in [0.15, 0.2) is 83.3 Å². The van der Waals surface area contributed by atoms with E-state index in [-0.39, 0.29) is 0 Å². The first-order valence-electron chi connectivity index (χ1n) is 8.25. The summed E-state index contributed by atoms with van der Waals surface area (Å²) in [6.45, 7) is 0. The molecule has 4 rings (SSSR count). The molecule has 4 aromatic rings. The van der Waals surface area contributed by atoms with Crippen molar-refractivity contribution in [1.82, 2.24) is 14.9 Å². The minimum Gasteiger partial charge on any atom is -0.195 e. The van der Waals surface area contributed by atoms with Crippen molar-refractivity contribution in [3.63, 3.8) is 0 Å². The number of nitrogens with zero attached hydrogens (tertiary/aromatic N) is 4. The van der Waals surface area contributed by atoms with Gasteiger partial charge in [-0.05, 0) is 35.4 Å². The zero-order valence-electron chi connectivity index (χ0n) is 14.2. The van der Waals surface area contributed by atoms with E-state index >= 15 is 0 Å². The SMILES string of the molecule is Clc1ccc(CSc2nncn2/N=C\c2ccc(-c3ccccc3)s2)cc1. The minimum absolute atomic E-state index is 0.738. The molecule has 0 atom stereocenters. The summed E-state index contributed by atoms with van der Waals surface area (Å²) in [4.78, 5) is 2.30. The topological polar surface area (TPSA) is 43.1 Å². The summed E-state index contributed by atoms with van der Waals surface area (Å²) >= 11 is 9.21. The average Bonchev–Trinajstić information content (AvgIpc) is 3.36. The highest BCUT2D eigenvalue weighted by atomic mass is 35.5. The molecule has 0 aliphatic heterocycles. The van der Waals surface area contributed by atoms with E-state index in [1.165, 1.54) is 16.0 Å². The van der Waals surface area contributed by atoms with Gasteiger partial charge in [0.15, 0.2) is 0 Å². The Hall–Kier alpha value is -2.41. The van der Waals surface area contributed by atoms with Gasteiger partial charge in [0.05, 0.1) is 6.21 Å². The van der Waals surface area contributed by atoms with Gasteiger partial charge in [-0.2, -0.15) is 9.78 Å². The van der Waals surface area contributed by atoms with Gasteiger partial charge >= 0.3 is 0 Å². The Balaban J connectivity index is 1.44. The van der Waals surface area contributed by atoms with Crippen molar-refractivity contribution >= 4 is 40.9 Å². The van der Waals surface area contributed by atoms with E-state index in [4.69, 9.17) is 11.6 Å². The molecule has 2 heterocycles. The van der Waals surface area contributed by atoms with Crippen LogP contribution in [0.25, 0.3) is 10.4 Å². The van der Waals surface area contributed by atoms with Crippen molar-refractivity contribution < 1.29 is 0 Å². The molecule has 0 aliphatic rings. The monoisotopic (exact) mass is 410 g/mol. The highest BCUT2D eigenvalue weighted by Crippen LogP contribution is 2.27. The molecule has 0 bridgehead atoms. The van der Waals surface area contributed by atoms with E-state index in [1.54, 1.807) is 34.1 Å². The zero-order valence-corrected chi connectivity index (χ0v) is 16.6. The summed E-state index contributed by atoms with van der Waals surface area (Å²) in [6, 6.07) is 22.3. The third kappa shape index (κ3) is 4.66. The van der Waals surface area contributed by atoms with E-state index in [0.29, 0.717) is 0 Å². The number of thiophene rings is 1. The fourth-order valence-electron chi connectivity index (χ4n) is 2.42. The van der Waals surface area contributed by atoms with Crippen LogP contribution in [0.3, 0.4) is 0 Å². The predicted molar refractivity (Wildman–Crippen MR) is 114 cm³/mol. The maximum Gasteiger partial charge on any atom is 0.212 e. The van der Waals surface area contributed by atoms with Gasteiger partial charge in [0.25, 0.3) is 0 Å². The molecule has 0 aliphatic carbocycles. The molecule has 2 aromatic heterocycles. The lowest BCUT2D eigenvalue weighted by molar-refractivity contribution is 0.767. The molecule has 134 valence electrons. The Morgan fingerprint density at radius 3 is 2.67 bits per heavy atom. The van der Waals surface area contributed by atoms with Gasteiger partial charge in [0.1, 0.15) is 6.33 Å². The fourth-order valence-corrected chi connectivity index (χ4v) is 4.25. The van der Waals surface area contributed by atoms with Crippen molar-refractivity contribution in [3.8, 4) is 10.4 Å². The van der Waals surface area contributed by atoms with Crippen molar-refractivity contribution in [1.29, 1.82) is 0 Å². The van der Waals surface area contributed by atoms with Gasteiger partial charge in [-0.1, -0.05) is 65.8 Å². The molecule has 27 heavy (non-hydrogen) atoms. The molecule has 0 saturated carbocycles. The van der Waals surface area contributed by atoms with Crippen molar-refractivity contribution in [2.75, 3.05) is 0 Å². The molecule has 0 spiro atoms. The van der Waals surface area contributed by atoms with Crippen LogP contribution in [-0.2, 0) is 5.75 Å². The largest absolute Gasteiger partial charge is 0.212 e. The van der Waals surface area contributed by atoms with Crippen LogP contribution in [0.5, 0.6) is 0 Å². The molecule has 7 heteroatoms. The molecular weight excluding hydrogens is 396 g/mol. The minimum atomic E-state index is 0.738. The van der Waals surface area contributed by atoms with Gasteiger partial charge < -0.3 is 0 Å². The smallest absolute Gasteiger partial charge is 0.195 e. The van der Waals surface area contributed by atoms with Crippen molar-refractivity contribution in [3.05, 3.63) is 88.5 Å². The number of hydrogen-bond acceptors (Lipinski definition) is 5. The van der Waals surface area contributed by atoms with Gasteiger partial charge in [-0.25, -0.2) is 0 Å². The van der Waals surface area contributed by atoms with E-state index in [9.17, 15) is 0 Å². The lowest BCUT2D eigenvalue weighted by Crippen LogP contribution is -1.92. The molecule has 0 unspecified atom stereocenters. The van der Waals surface area contributed by atoms with Gasteiger partial charge in [-0.3, -0.25) is 0 Å². The third-order valence-corrected chi connectivity index (χ3v) is 6.10. The Morgan fingerprint density at radius 2 is 1.85 bits per heavy atom. The predicted octanol–water partition coefficient (Wildman–Crippen LogP) is 5.83. The summed E-state index contributed by atoms with van der Waals surface area (Å²) < 4.78 is 1.70. The molecule has 2 aromatic carbocycles. The number of rotatable bonds is 6. The Labute approximate surface area is 170 Å². The van der Waals surface area contributed by atoms with Gasteiger partial charge in [0.2, 0.25) is 5.16 Å². The number of benzene rings is 2. The van der Waals surface area contributed by atoms with Crippen molar-refractivity contribution in [2.45, 2.75) is 10.9 Å². The second-order valence-electron chi connectivity index (χ2n) is 5.69. The molecule has 0 fully saturated rings. The summed E-state index contributed by atoms with van der Waals surface area (Å²) in [6.07, 6.45) is 3.46. The highest BCUT2D eigenvalue weighted by molar-refractivity contribution is 7.98. The molecule has 0 radical (unpaired) electrons. The first kappa shape index (κ1) is 18.0. The van der Waals surface area contributed by atoms with Crippen LogP contribution in [0.4, 0.5) is 0 Å². The Kier molecular flexibility index (Phi) is 5.67. The van der Waals surface area contributed by atoms with Gasteiger partial charge in [0, 0.05) is 20.5 Å². The molecule has 0 amide bonds. The maximum absolute atomic E-state index is 5.93. The normalized spacial score (nSPS) is 11.3. The first-order chi connectivity index (χ1) is 13.3. The van der Waals surface area contributed by atoms with Crippen LogP contribution < -0.4 is 0 Å². The fraction of sp³-hybridized carbons (Fsp3) is 0.0500. The van der Waals surface area contributed by atoms with E-state index in [2.05, 4.69) is 39.6 Å². The third-order valence-electron chi connectivity index (χ3n) is 3.78. The number of hydrogen-bond donors (Lipinski definition) is 0. The molecular formula is C20H15ClN4S2. The van der Waals surface area contributed by atoms with Crippen molar-refractivity contribution in [2.24, 2.45) is 5.10 Å². The second-order valence-corrected chi connectivity index (χ2v) is 8.18. The van der Waals surface area contributed by atoms with E-state index < -0.39 is 0 Å². The number of aromatic nitrogens is 3. The van der Waals surface area contributed by atoms with E-state index in [0.717, 1.165) is 20.8 Å². The Bertz CT molecular complexity index is 1040. The summed E-state index contributed by atoms with van der Waals surface area (Å²) in [5, 5.41) is 14.1. The summed E-state index contributed by atoms with van der Waals surface area (Å²) in [5.74, 6) is 0.780. The molecule has 4 nitrogen and oxygen atoms in total. The second kappa shape index (κ2) is 8.52. The molecule has 0 saturated heterocycles. The van der Waals surface area contributed by atoms with Crippen LogP contribution in [-0.4, -0.2) is 21.1 Å². The van der Waals surface area contributed by atoms with E-state index in [1.807, 2.05) is 48.7 Å². The maximum atomic E-state index is 5.93. The van der Waals surface area contributed by atoms with Crippen LogP contribution in [0, 0.1) is 0 Å². The van der Waals surface area contributed by atoms with Gasteiger partial charge in [-0.15, -0.1) is 21.5 Å². The lowest BCUT2D eigenvalue weighted by atomic mass is 10.2. The summed E-state index contributed by atoms with van der Waals surface area (Å²) in [5.41, 5.74) is 2.39. The van der Waals surface area contributed by atoms with Crippen LogP contribution in [0.2, 0.25) is 5.02 Å². The first-order valence-corrected chi connectivity index (χ1v) is 10.4. The standard InChI is InChI=1S/C20H15ClN4S2/c21-17-8-6-15(7-9-17)13-26-20-24-22-14-25(20)23-12-18-10-11-19(27-18)16-4-2-1-3-5-16/h1-12,14H,13H2/b23-12-. The van der Waals surface area contributed by atoms with Crippen LogP contribution >= 0.6 is 34.7 Å². The number of halogens is 1. The zero-order chi connectivity index (χ0) is 18.5. The van der Waals surface area contributed by atoms with Crippen LogP contribution in [0.1, 0.15) is 10.4 Å². The molecule has 0 N–H and O–H groups in total.